The molecule has 0 atom stereocenters. The molecule has 6 heteroatoms. The highest BCUT2D eigenvalue weighted by atomic mass is 35.5. The van der Waals surface area contributed by atoms with Crippen LogP contribution in [0, 0.1) is 0 Å². The molecule has 4 nitrogen and oxygen atoms in total. The van der Waals surface area contributed by atoms with Gasteiger partial charge in [0.2, 0.25) is 0 Å². The molecule has 0 radical (unpaired) electrons. The summed E-state index contributed by atoms with van der Waals surface area (Å²) in [5.41, 5.74) is 1.14. The van der Waals surface area contributed by atoms with Gasteiger partial charge in [-0.2, -0.15) is 0 Å². The number of halogens is 1. The Kier molecular flexibility index (Phi) is 5.36. The van der Waals surface area contributed by atoms with Gasteiger partial charge in [0, 0.05) is 29.2 Å². The molecule has 0 spiro atoms. The molecule has 2 heterocycles. The Balaban J connectivity index is 1.82. The highest BCUT2D eigenvalue weighted by molar-refractivity contribution is 7.09. The summed E-state index contributed by atoms with van der Waals surface area (Å²) in [7, 11) is 1.76. The molecule has 0 saturated heterocycles. The van der Waals surface area contributed by atoms with E-state index < -0.39 is 0 Å². The van der Waals surface area contributed by atoms with Crippen LogP contribution in [0.5, 0.6) is 0 Å². The molecule has 25 heavy (non-hydrogen) atoms. The van der Waals surface area contributed by atoms with Crippen molar-refractivity contribution in [3.63, 3.8) is 0 Å². The number of hydrogen-bond acceptors (Lipinski definition) is 3. The van der Waals surface area contributed by atoms with Crippen molar-refractivity contribution in [2.75, 3.05) is 7.05 Å². The zero-order chi connectivity index (χ0) is 17.8. The molecule has 0 N–H and O–H groups in total. The van der Waals surface area contributed by atoms with Crippen molar-refractivity contribution in [3.8, 4) is 0 Å². The predicted octanol–water partition coefficient (Wildman–Crippen LogP) is 3.88. The van der Waals surface area contributed by atoms with E-state index in [2.05, 4.69) is 0 Å². The average Bonchev–Trinajstić information content (AvgIpc) is 3.11. The number of thiophene rings is 1. The second kappa shape index (κ2) is 7.68. The first-order valence-electron chi connectivity index (χ1n) is 7.76. The van der Waals surface area contributed by atoms with Crippen molar-refractivity contribution in [2.45, 2.75) is 13.1 Å². The minimum absolute atomic E-state index is 0.124. The summed E-state index contributed by atoms with van der Waals surface area (Å²) in [5, 5.41) is 2.58. The summed E-state index contributed by atoms with van der Waals surface area (Å²) in [6.07, 6.45) is 1.60. The van der Waals surface area contributed by atoms with E-state index in [1.54, 1.807) is 41.6 Å². The van der Waals surface area contributed by atoms with Crippen LogP contribution in [-0.2, 0) is 13.1 Å². The van der Waals surface area contributed by atoms with Crippen LogP contribution in [0.25, 0.3) is 0 Å². The highest BCUT2D eigenvalue weighted by Crippen LogP contribution is 2.16. The highest BCUT2D eigenvalue weighted by Gasteiger charge is 2.14. The van der Waals surface area contributed by atoms with Gasteiger partial charge in [-0.25, -0.2) is 0 Å². The van der Waals surface area contributed by atoms with Crippen LogP contribution in [0.1, 0.15) is 20.8 Å². The number of rotatable bonds is 5. The monoisotopic (exact) mass is 372 g/mol. The van der Waals surface area contributed by atoms with E-state index in [9.17, 15) is 9.59 Å². The number of aromatic nitrogens is 1. The van der Waals surface area contributed by atoms with Crippen molar-refractivity contribution in [2.24, 2.45) is 0 Å². The van der Waals surface area contributed by atoms with Gasteiger partial charge in [0.15, 0.2) is 0 Å². The third-order valence-corrected chi connectivity index (χ3v) is 5.08. The normalized spacial score (nSPS) is 10.6. The lowest BCUT2D eigenvalue weighted by atomic mass is 10.2. The minimum atomic E-state index is -0.169. The van der Waals surface area contributed by atoms with Crippen LogP contribution < -0.4 is 5.56 Å². The number of benzene rings is 1. The summed E-state index contributed by atoms with van der Waals surface area (Å²) in [6, 6.07) is 14.3. The Hall–Kier alpha value is -2.37. The molecule has 2 aromatic heterocycles. The standard InChI is InChI=1S/C19H17ClN2O2S/c1-21(13-16-6-4-10-25-16)19(24)15-8-9-18(23)22(12-15)11-14-5-2-3-7-17(14)20/h2-10,12H,11,13H2,1H3. The third-order valence-electron chi connectivity index (χ3n) is 3.85. The van der Waals surface area contributed by atoms with E-state index in [4.69, 9.17) is 11.6 Å². The SMILES string of the molecule is CN(Cc1cccs1)C(=O)c1ccc(=O)n(Cc2ccccc2Cl)c1. The quantitative estimate of drug-likeness (QED) is 0.682. The molecular formula is C19H17ClN2O2S. The molecule has 3 rings (SSSR count). The Morgan fingerprint density at radius 2 is 1.96 bits per heavy atom. The number of pyridine rings is 1. The smallest absolute Gasteiger partial charge is 0.255 e. The van der Waals surface area contributed by atoms with Crippen LogP contribution in [0.3, 0.4) is 0 Å². The molecule has 128 valence electrons. The zero-order valence-corrected chi connectivity index (χ0v) is 15.3. The molecule has 0 fully saturated rings. The number of carbonyl (C=O) groups excluding carboxylic acids is 1. The van der Waals surface area contributed by atoms with E-state index in [0.717, 1.165) is 10.4 Å². The van der Waals surface area contributed by atoms with Crippen LogP contribution in [0.2, 0.25) is 5.02 Å². The summed E-state index contributed by atoms with van der Waals surface area (Å²) >= 11 is 7.78. The van der Waals surface area contributed by atoms with Gasteiger partial charge in [-0.1, -0.05) is 35.9 Å². The lowest BCUT2D eigenvalue weighted by Gasteiger charge is -2.17. The minimum Gasteiger partial charge on any atom is -0.337 e. The topological polar surface area (TPSA) is 42.3 Å². The average molecular weight is 373 g/mol. The van der Waals surface area contributed by atoms with Crippen molar-refractivity contribution >= 4 is 28.8 Å². The van der Waals surface area contributed by atoms with Crippen molar-refractivity contribution in [3.05, 3.63) is 91.5 Å². The van der Waals surface area contributed by atoms with Gasteiger partial charge in [-0.15, -0.1) is 11.3 Å². The van der Waals surface area contributed by atoms with E-state index in [-0.39, 0.29) is 11.5 Å². The van der Waals surface area contributed by atoms with Gasteiger partial charge in [-0.05, 0) is 29.1 Å². The Bertz CT molecular complexity index is 935. The lowest BCUT2D eigenvalue weighted by molar-refractivity contribution is 0.0785. The van der Waals surface area contributed by atoms with Crippen LogP contribution in [0.4, 0.5) is 0 Å². The Labute approximate surface area is 154 Å². The first kappa shape index (κ1) is 17.5. The van der Waals surface area contributed by atoms with Crippen molar-refractivity contribution < 1.29 is 4.79 Å². The van der Waals surface area contributed by atoms with Gasteiger partial charge < -0.3 is 9.47 Å². The maximum atomic E-state index is 12.6. The molecule has 0 saturated carbocycles. The molecule has 0 bridgehead atoms. The van der Waals surface area contributed by atoms with Crippen LogP contribution >= 0.6 is 22.9 Å². The fourth-order valence-electron chi connectivity index (χ4n) is 2.52. The summed E-state index contributed by atoms with van der Waals surface area (Å²) in [6.45, 7) is 0.869. The number of nitrogens with zero attached hydrogens (tertiary/aromatic N) is 2. The Morgan fingerprint density at radius 1 is 1.16 bits per heavy atom. The first-order chi connectivity index (χ1) is 12.0. The third kappa shape index (κ3) is 4.18. The molecular weight excluding hydrogens is 356 g/mol. The van der Waals surface area contributed by atoms with Crippen molar-refractivity contribution in [1.29, 1.82) is 0 Å². The van der Waals surface area contributed by atoms with Crippen LogP contribution in [0.15, 0.2) is 64.9 Å². The summed E-state index contributed by atoms with van der Waals surface area (Å²) < 4.78 is 1.51. The predicted molar refractivity (Wildman–Crippen MR) is 101 cm³/mol. The Morgan fingerprint density at radius 3 is 2.68 bits per heavy atom. The van der Waals surface area contributed by atoms with E-state index in [1.807, 2.05) is 35.7 Å². The molecule has 3 aromatic rings. The maximum Gasteiger partial charge on any atom is 0.255 e. The van der Waals surface area contributed by atoms with E-state index in [1.165, 1.54) is 10.6 Å². The first-order valence-corrected chi connectivity index (χ1v) is 9.02. The van der Waals surface area contributed by atoms with Crippen LogP contribution in [-0.4, -0.2) is 22.4 Å². The second-order valence-electron chi connectivity index (χ2n) is 5.72. The molecule has 1 amide bonds. The van der Waals surface area contributed by atoms with Gasteiger partial charge in [-0.3, -0.25) is 9.59 Å². The summed E-state index contributed by atoms with van der Waals surface area (Å²) in [5.74, 6) is -0.124. The second-order valence-corrected chi connectivity index (χ2v) is 7.16. The van der Waals surface area contributed by atoms with Gasteiger partial charge >= 0.3 is 0 Å². The van der Waals surface area contributed by atoms with Gasteiger partial charge in [0.05, 0.1) is 18.7 Å². The van der Waals surface area contributed by atoms with Gasteiger partial charge in [0.1, 0.15) is 0 Å². The fourth-order valence-corrected chi connectivity index (χ4v) is 3.47. The largest absolute Gasteiger partial charge is 0.337 e. The molecule has 0 aliphatic rings. The van der Waals surface area contributed by atoms with E-state index in [0.29, 0.717) is 23.7 Å². The zero-order valence-electron chi connectivity index (χ0n) is 13.7. The maximum absolute atomic E-state index is 12.6. The van der Waals surface area contributed by atoms with Gasteiger partial charge in [0.25, 0.3) is 11.5 Å². The fraction of sp³-hybridized carbons (Fsp3) is 0.158. The molecule has 0 aliphatic heterocycles. The number of amides is 1. The van der Waals surface area contributed by atoms with E-state index >= 15 is 0 Å². The number of hydrogen-bond donors (Lipinski definition) is 0. The molecule has 0 unspecified atom stereocenters. The lowest BCUT2D eigenvalue weighted by Crippen LogP contribution is -2.28. The molecule has 1 aromatic carbocycles. The number of carbonyl (C=O) groups is 1. The molecule has 0 aliphatic carbocycles. The van der Waals surface area contributed by atoms with Crippen molar-refractivity contribution in [1.82, 2.24) is 9.47 Å². The summed E-state index contributed by atoms with van der Waals surface area (Å²) in [4.78, 5) is 27.5.